The first-order chi connectivity index (χ1) is 8.69. The Balaban J connectivity index is 1.92. The Labute approximate surface area is 117 Å². The van der Waals surface area contributed by atoms with Crippen LogP contribution in [-0.4, -0.2) is 0 Å². The number of hydrogen-bond acceptors (Lipinski definition) is 3. The van der Waals surface area contributed by atoms with Gasteiger partial charge in [0, 0.05) is 28.0 Å². The summed E-state index contributed by atoms with van der Waals surface area (Å²) in [7, 11) is 0. The Kier molecular flexibility index (Phi) is 4.48. The Morgan fingerprint density at radius 3 is 2.83 bits per heavy atom. The van der Waals surface area contributed by atoms with Crippen molar-refractivity contribution in [2.75, 3.05) is 0 Å². The van der Waals surface area contributed by atoms with Crippen LogP contribution in [0.25, 0.3) is 0 Å². The Morgan fingerprint density at radius 1 is 1.28 bits per heavy atom. The molecule has 0 bridgehead atoms. The lowest BCUT2D eigenvalue weighted by atomic mass is 10.2. The smallest absolute Gasteiger partial charge is 0.127 e. The Bertz CT molecular complexity index is 589. The van der Waals surface area contributed by atoms with E-state index in [0.717, 1.165) is 9.35 Å². The summed E-state index contributed by atoms with van der Waals surface area (Å²) < 4.78 is 14.3. The number of nitrogens with one attached hydrogen (secondary N) is 1. The van der Waals surface area contributed by atoms with E-state index in [-0.39, 0.29) is 5.82 Å². The quantitative estimate of drug-likeness (QED) is 0.928. The molecule has 0 radical (unpaired) electrons. The van der Waals surface area contributed by atoms with Crippen molar-refractivity contribution in [1.82, 2.24) is 5.32 Å². The maximum absolute atomic E-state index is 13.5. The number of rotatable bonds is 4. The van der Waals surface area contributed by atoms with Gasteiger partial charge in [0.15, 0.2) is 0 Å². The minimum atomic E-state index is -0.213. The van der Waals surface area contributed by atoms with Crippen LogP contribution < -0.4 is 5.32 Å². The van der Waals surface area contributed by atoms with E-state index in [4.69, 9.17) is 5.26 Å². The zero-order valence-corrected chi connectivity index (χ0v) is 11.8. The molecule has 1 aromatic carbocycles. The SMILES string of the molecule is N#Cc1ccc(CNCc2cc(Br)ccc2F)s1. The molecule has 0 aliphatic carbocycles. The van der Waals surface area contributed by atoms with E-state index in [0.29, 0.717) is 23.5 Å². The highest BCUT2D eigenvalue weighted by atomic mass is 79.9. The van der Waals surface area contributed by atoms with E-state index < -0.39 is 0 Å². The molecule has 0 saturated carbocycles. The first-order valence-corrected chi connectivity index (χ1v) is 6.93. The second-order valence-electron chi connectivity index (χ2n) is 3.72. The maximum atomic E-state index is 13.5. The van der Waals surface area contributed by atoms with Crippen LogP contribution in [0.2, 0.25) is 0 Å². The van der Waals surface area contributed by atoms with Crippen molar-refractivity contribution in [1.29, 1.82) is 5.26 Å². The molecular formula is C13H10BrFN2S. The predicted molar refractivity (Wildman–Crippen MR) is 73.7 cm³/mol. The highest BCUT2D eigenvalue weighted by molar-refractivity contribution is 9.10. The van der Waals surface area contributed by atoms with Gasteiger partial charge in [0.25, 0.3) is 0 Å². The number of hydrogen-bond donors (Lipinski definition) is 1. The van der Waals surface area contributed by atoms with Crippen molar-refractivity contribution in [3.05, 3.63) is 55.9 Å². The van der Waals surface area contributed by atoms with Crippen molar-refractivity contribution < 1.29 is 4.39 Å². The largest absolute Gasteiger partial charge is 0.308 e. The molecule has 2 rings (SSSR count). The molecule has 18 heavy (non-hydrogen) atoms. The van der Waals surface area contributed by atoms with Crippen molar-refractivity contribution in [2.45, 2.75) is 13.1 Å². The number of benzene rings is 1. The molecule has 0 unspecified atom stereocenters. The van der Waals surface area contributed by atoms with Crippen LogP contribution in [0.3, 0.4) is 0 Å². The molecular weight excluding hydrogens is 315 g/mol. The maximum Gasteiger partial charge on any atom is 0.127 e. The molecule has 2 aromatic rings. The molecule has 0 aliphatic rings. The Hall–Kier alpha value is -1.22. The van der Waals surface area contributed by atoms with Crippen molar-refractivity contribution >= 4 is 27.3 Å². The fraction of sp³-hybridized carbons (Fsp3) is 0.154. The molecule has 0 amide bonds. The summed E-state index contributed by atoms with van der Waals surface area (Å²) in [5.41, 5.74) is 0.626. The topological polar surface area (TPSA) is 35.8 Å². The van der Waals surface area contributed by atoms with Crippen LogP contribution >= 0.6 is 27.3 Å². The summed E-state index contributed by atoms with van der Waals surface area (Å²) in [6.45, 7) is 1.10. The summed E-state index contributed by atoms with van der Waals surface area (Å²) in [5, 5.41) is 11.9. The minimum absolute atomic E-state index is 0.213. The lowest BCUT2D eigenvalue weighted by molar-refractivity contribution is 0.588. The van der Waals surface area contributed by atoms with Gasteiger partial charge in [-0.3, -0.25) is 0 Å². The molecule has 1 heterocycles. The third-order valence-corrected chi connectivity index (χ3v) is 3.88. The van der Waals surface area contributed by atoms with E-state index in [1.54, 1.807) is 18.2 Å². The molecule has 0 fully saturated rings. The molecule has 5 heteroatoms. The number of nitriles is 1. The van der Waals surface area contributed by atoms with Gasteiger partial charge in [-0.25, -0.2) is 4.39 Å². The minimum Gasteiger partial charge on any atom is -0.308 e. The van der Waals surface area contributed by atoms with Crippen molar-refractivity contribution in [3.8, 4) is 6.07 Å². The number of halogens is 2. The standard InChI is InChI=1S/C13H10BrFN2S/c14-10-1-4-13(15)9(5-10)7-17-8-12-3-2-11(6-16)18-12/h1-5,17H,7-8H2. The van der Waals surface area contributed by atoms with Crippen LogP contribution in [0.5, 0.6) is 0 Å². The molecule has 92 valence electrons. The van der Waals surface area contributed by atoms with Crippen LogP contribution in [-0.2, 0) is 13.1 Å². The molecule has 0 atom stereocenters. The van der Waals surface area contributed by atoms with Gasteiger partial charge in [0.2, 0.25) is 0 Å². The van der Waals surface area contributed by atoms with Gasteiger partial charge in [0.05, 0.1) is 0 Å². The predicted octanol–water partition coefficient (Wildman–Crippen LogP) is 3.81. The van der Waals surface area contributed by atoms with Gasteiger partial charge >= 0.3 is 0 Å². The van der Waals surface area contributed by atoms with E-state index in [2.05, 4.69) is 27.3 Å². The van der Waals surface area contributed by atoms with Crippen molar-refractivity contribution in [2.24, 2.45) is 0 Å². The van der Waals surface area contributed by atoms with Crippen LogP contribution in [0, 0.1) is 17.1 Å². The fourth-order valence-corrected chi connectivity index (χ4v) is 2.72. The van der Waals surface area contributed by atoms with Gasteiger partial charge in [-0.2, -0.15) is 5.26 Å². The lowest BCUT2D eigenvalue weighted by Crippen LogP contribution is -2.12. The summed E-state index contributed by atoms with van der Waals surface area (Å²) in [4.78, 5) is 1.77. The van der Waals surface area contributed by atoms with Crippen molar-refractivity contribution in [3.63, 3.8) is 0 Å². The average Bonchev–Trinajstić information content (AvgIpc) is 2.81. The van der Waals surface area contributed by atoms with E-state index in [1.807, 2.05) is 6.07 Å². The van der Waals surface area contributed by atoms with Gasteiger partial charge < -0.3 is 5.32 Å². The molecule has 1 aromatic heterocycles. The van der Waals surface area contributed by atoms with E-state index in [1.165, 1.54) is 17.4 Å². The average molecular weight is 325 g/mol. The first kappa shape index (κ1) is 13.2. The van der Waals surface area contributed by atoms with Crippen LogP contribution in [0.15, 0.2) is 34.8 Å². The Morgan fingerprint density at radius 2 is 2.11 bits per heavy atom. The number of nitrogens with zero attached hydrogens (tertiary/aromatic N) is 1. The molecule has 0 saturated heterocycles. The summed E-state index contributed by atoms with van der Waals surface area (Å²) in [6, 6.07) is 10.7. The normalized spacial score (nSPS) is 10.3. The fourth-order valence-electron chi connectivity index (χ4n) is 1.53. The molecule has 2 nitrogen and oxygen atoms in total. The lowest BCUT2D eigenvalue weighted by Gasteiger charge is -2.05. The highest BCUT2D eigenvalue weighted by Gasteiger charge is 2.03. The second-order valence-corrected chi connectivity index (χ2v) is 5.80. The molecule has 0 aliphatic heterocycles. The summed E-state index contributed by atoms with van der Waals surface area (Å²) >= 11 is 4.77. The highest BCUT2D eigenvalue weighted by Crippen LogP contribution is 2.17. The van der Waals surface area contributed by atoms with Gasteiger partial charge in [-0.05, 0) is 30.3 Å². The van der Waals surface area contributed by atoms with Gasteiger partial charge in [-0.1, -0.05) is 15.9 Å². The summed E-state index contributed by atoms with van der Waals surface area (Å²) in [5.74, 6) is -0.213. The molecule has 1 N–H and O–H groups in total. The molecule has 0 spiro atoms. The number of thiophene rings is 1. The third kappa shape index (κ3) is 3.39. The van der Waals surface area contributed by atoms with E-state index in [9.17, 15) is 4.39 Å². The van der Waals surface area contributed by atoms with Crippen LogP contribution in [0.1, 0.15) is 15.3 Å². The third-order valence-electron chi connectivity index (χ3n) is 2.39. The zero-order valence-electron chi connectivity index (χ0n) is 9.41. The van der Waals surface area contributed by atoms with Crippen LogP contribution in [0.4, 0.5) is 4.39 Å². The summed E-state index contributed by atoms with van der Waals surface area (Å²) in [6.07, 6.45) is 0. The first-order valence-electron chi connectivity index (χ1n) is 5.32. The van der Waals surface area contributed by atoms with Gasteiger partial charge in [-0.15, -0.1) is 11.3 Å². The van der Waals surface area contributed by atoms with E-state index >= 15 is 0 Å². The second kappa shape index (κ2) is 6.10. The monoisotopic (exact) mass is 324 g/mol. The van der Waals surface area contributed by atoms with Gasteiger partial charge in [0.1, 0.15) is 16.8 Å². The zero-order chi connectivity index (χ0) is 13.0.